The highest BCUT2D eigenvalue weighted by atomic mass is 79.9. The number of carbonyl (C=O) groups is 2. The highest BCUT2D eigenvalue weighted by Crippen LogP contribution is 2.73. The second-order valence-electron chi connectivity index (χ2n) is 7.13. The Morgan fingerprint density at radius 3 is 2.33 bits per heavy atom. The molecule has 2 unspecified atom stereocenters. The summed E-state index contributed by atoms with van der Waals surface area (Å²) in [4.78, 5) is 25.3. The van der Waals surface area contributed by atoms with Crippen molar-refractivity contribution >= 4 is 27.5 Å². The molecular formula is C14H17BrO3. The molecule has 3 nitrogen and oxygen atoms in total. The van der Waals surface area contributed by atoms with Crippen LogP contribution in [0.5, 0.6) is 0 Å². The van der Waals surface area contributed by atoms with Crippen molar-refractivity contribution in [2.24, 2.45) is 22.7 Å². The molecule has 4 heteroatoms. The van der Waals surface area contributed by atoms with Gasteiger partial charge in [0, 0.05) is 16.2 Å². The molecule has 18 heavy (non-hydrogen) atoms. The van der Waals surface area contributed by atoms with Crippen molar-refractivity contribution in [1.29, 1.82) is 0 Å². The summed E-state index contributed by atoms with van der Waals surface area (Å²) in [6.45, 7) is 5.97. The van der Waals surface area contributed by atoms with E-state index >= 15 is 0 Å². The Morgan fingerprint density at radius 2 is 1.78 bits per heavy atom. The van der Waals surface area contributed by atoms with Gasteiger partial charge in [-0.2, -0.15) is 0 Å². The largest absolute Gasteiger partial charge is 0.362 e. The van der Waals surface area contributed by atoms with E-state index in [1.165, 1.54) is 0 Å². The van der Waals surface area contributed by atoms with Gasteiger partial charge in [0.1, 0.15) is 11.9 Å². The van der Waals surface area contributed by atoms with Crippen LogP contribution in [0.4, 0.5) is 0 Å². The number of ketones is 2. The molecule has 4 aliphatic rings. The maximum absolute atomic E-state index is 12.7. The summed E-state index contributed by atoms with van der Waals surface area (Å²) in [5.74, 6) is 0.484. The molecule has 4 fully saturated rings. The number of Topliss-reactive ketones (excluding diaryl/α,β-unsaturated/α-hetero) is 2. The van der Waals surface area contributed by atoms with E-state index < -0.39 is 5.60 Å². The van der Waals surface area contributed by atoms with Gasteiger partial charge < -0.3 is 4.74 Å². The predicted molar refractivity (Wildman–Crippen MR) is 68.4 cm³/mol. The first-order valence-corrected chi connectivity index (χ1v) is 7.59. The molecule has 0 aromatic rings. The second kappa shape index (κ2) is 2.78. The fraction of sp³-hybridized carbons (Fsp3) is 0.857. The van der Waals surface area contributed by atoms with Gasteiger partial charge >= 0.3 is 0 Å². The molecule has 98 valence electrons. The van der Waals surface area contributed by atoms with E-state index in [0.29, 0.717) is 0 Å². The van der Waals surface area contributed by atoms with E-state index in [1.807, 2.05) is 20.8 Å². The first-order chi connectivity index (χ1) is 8.27. The van der Waals surface area contributed by atoms with Crippen molar-refractivity contribution in [3.8, 4) is 0 Å². The number of fused-ring (bicyclic) bond motifs is 6. The first-order valence-electron chi connectivity index (χ1n) is 6.68. The van der Waals surface area contributed by atoms with Crippen molar-refractivity contribution < 1.29 is 14.3 Å². The van der Waals surface area contributed by atoms with E-state index in [0.717, 1.165) is 12.8 Å². The summed E-state index contributed by atoms with van der Waals surface area (Å²) in [6.07, 6.45) is 1.46. The van der Waals surface area contributed by atoms with E-state index in [2.05, 4.69) is 15.9 Å². The zero-order chi connectivity index (χ0) is 13.1. The van der Waals surface area contributed by atoms with Crippen LogP contribution < -0.4 is 0 Å². The molecule has 2 saturated carbocycles. The Bertz CT molecular complexity index is 493. The van der Waals surface area contributed by atoms with Gasteiger partial charge in [0.15, 0.2) is 5.78 Å². The Morgan fingerprint density at radius 1 is 1.17 bits per heavy atom. The third-order valence-electron chi connectivity index (χ3n) is 6.07. The summed E-state index contributed by atoms with van der Waals surface area (Å²) >= 11 is 3.67. The normalized spacial score (nSPS) is 54.2. The van der Waals surface area contributed by atoms with E-state index in [4.69, 9.17) is 4.74 Å². The summed E-state index contributed by atoms with van der Waals surface area (Å²) in [5.41, 5.74) is -1.24. The molecule has 0 N–H and O–H groups in total. The van der Waals surface area contributed by atoms with Gasteiger partial charge in [-0.25, -0.2) is 0 Å². The maximum Gasteiger partial charge on any atom is 0.170 e. The second-order valence-corrected chi connectivity index (χ2v) is 8.12. The molecule has 2 heterocycles. The van der Waals surface area contributed by atoms with Crippen molar-refractivity contribution in [1.82, 2.24) is 0 Å². The summed E-state index contributed by atoms with van der Waals surface area (Å²) < 4.78 is 6.05. The predicted octanol–water partition coefficient (Wildman–Crippen LogP) is 2.11. The quantitative estimate of drug-likeness (QED) is 0.643. The number of ether oxygens (including phenoxy) is 1. The smallest absolute Gasteiger partial charge is 0.170 e. The Kier molecular flexibility index (Phi) is 1.79. The van der Waals surface area contributed by atoms with Crippen LogP contribution in [-0.4, -0.2) is 28.1 Å². The lowest BCUT2D eigenvalue weighted by molar-refractivity contribution is -0.136. The average Bonchev–Trinajstić information content (AvgIpc) is 2.97. The van der Waals surface area contributed by atoms with Gasteiger partial charge in [0.25, 0.3) is 0 Å². The summed E-state index contributed by atoms with van der Waals surface area (Å²) in [7, 11) is 0. The van der Waals surface area contributed by atoms with Gasteiger partial charge in [-0.05, 0) is 19.8 Å². The van der Waals surface area contributed by atoms with Crippen LogP contribution in [0.2, 0.25) is 0 Å². The molecule has 2 aliphatic heterocycles. The van der Waals surface area contributed by atoms with Gasteiger partial charge in [-0.1, -0.05) is 29.8 Å². The Balaban J connectivity index is 1.89. The molecule has 0 aromatic carbocycles. The Hall–Kier alpha value is -0.220. The molecular weight excluding hydrogens is 296 g/mol. The van der Waals surface area contributed by atoms with Crippen LogP contribution in [0.3, 0.4) is 0 Å². The van der Waals surface area contributed by atoms with Crippen molar-refractivity contribution in [2.75, 3.05) is 0 Å². The number of alkyl halides is 1. The molecule has 5 atom stereocenters. The minimum absolute atomic E-state index is 0.0382. The minimum atomic E-state index is -0.531. The highest BCUT2D eigenvalue weighted by Gasteiger charge is 2.83. The number of halogens is 1. The summed E-state index contributed by atoms with van der Waals surface area (Å²) in [6, 6.07) is 0. The van der Waals surface area contributed by atoms with E-state index in [-0.39, 0.29) is 45.2 Å². The van der Waals surface area contributed by atoms with Crippen LogP contribution in [0.25, 0.3) is 0 Å². The minimum Gasteiger partial charge on any atom is -0.362 e. The first kappa shape index (κ1) is 11.6. The lowest BCUT2D eigenvalue weighted by Gasteiger charge is -2.35. The van der Waals surface area contributed by atoms with Crippen molar-refractivity contribution in [3.63, 3.8) is 0 Å². The zero-order valence-electron chi connectivity index (χ0n) is 10.8. The summed E-state index contributed by atoms with van der Waals surface area (Å²) in [5, 5.41) is 0. The molecule has 4 rings (SSSR count). The fourth-order valence-electron chi connectivity index (χ4n) is 4.75. The van der Waals surface area contributed by atoms with Gasteiger partial charge in [0.2, 0.25) is 0 Å². The number of hydrogen-bond donors (Lipinski definition) is 0. The third kappa shape index (κ3) is 0.875. The molecule has 0 aromatic heterocycles. The Labute approximate surface area is 115 Å². The van der Waals surface area contributed by atoms with Crippen LogP contribution in [0, 0.1) is 22.7 Å². The molecule has 2 bridgehead atoms. The maximum atomic E-state index is 12.7. The SMILES string of the molecule is CC1(C)C(=O)C2C([C@H]1Br)[C@H]1O[C@]2(C)C2(CC2)C1=O. The van der Waals surface area contributed by atoms with E-state index in [1.54, 1.807) is 0 Å². The lowest BCUT2D eigenvalue weighted by atomic mass is 9.65. The number of carbonyl (C=O) groups excluding carboxylic acids is 2. The van der Waals surface area contributed by atoms with Crippen LogP contribution in [-0.2, 0) is 14.3 Å². The monoisotopic (exact) mass is 312 g/mol. The van der Waals surface area contributed by atoms with E-state index in [9.17, 15) is 9.59 Å². The fourth-order valence-corrected chi connectivity index (χ4v) is 5.55. The molecule has 0 radical (unpaired) electrons. The average molecular weight is 313 g/mol. The standard InChI is InChI=1S/C14H17BrO3/c1-12(2)9(15)6-7(10(12)16)13(3)14(4-5-14)11(17)8(6)18-13/h6-9H,4-5H2,1-3H3/t6?,7?,8-,9-,13+/m1/s1. The van der Waals surface area contributed by atoms with Crippen LogP contribution in [0.15, 0.2) is 0 Å². The number of rotatable bonds is 0. The molecule has 0 amide bonds. The zero-order valence-corrected chi connectivity index (χ0v) is 12.4. The molecule has 1 spiro atoms. The van der Waals surface area contributed by atoms with Crippen molar-refractivity contribution in [3.05, 3.63) is 0 Å². The third-order valence-corrected chi connectivity index (χ3v) is 7.83. The van der Waals surface area contributed by atoms with Gasteiger partial charge in [0.05, 0.1) is 16.9 Å². The van der Waals surface area contributed by atoms with Crippen LogP contribution >= 0.6 is 15.9 Å². The van der Waals surface area contributed by atoms with Gasteiger partial charge in [-0.3, -0.25) is 9.59 Å². The van der Waals surface area contributed by atoms with Gasteiger partial charge in [-0.15, -0.1) is 0 Å². The topological polar surface area (TPSA) is 43.4 Å². The number of hydrogen-bond acceptors (Lipinski definition) is 3. The lowest BCUT2D eigenvalue weighted by Crippen LogP contribution is -2.50. The molecule has 2 aliphatic carbocycles. The highest BCUT2D eigenvalue weighted by molar-refractivity contribution is 9.09. The van der Waals surface area contributed by atoms with Crippen LogP contribution in [0.1, 0.15) is 33.6 Å². The van der Waals surface area contributed by atoms with Crippen molar-refractivity contribution in [2.45, 2.75) is 50.1 Å². The molecule has 2 saturated heterocycles.